The van der Waals surface area contributed by atoms with Gasteiger partial charge in [0.25, 0.3) is 5.91 Å². The number of ether oxygens (including phenoxy) is 1. The lowest BCUT2D eigenvalue weighted by Gasteiger charge is -2.50. The van der Waals surface area contributed by atoms with Gasteiger partial charge in [-0.3, -0.25) is 18.8 Å². The van der Waals surface area contributed by atoms with Gasteiger partial charge in [0.2, 0.25) is 0 Å². The molecule has 3 atom stereocenters. The zero-order valence-electron chi connectivity index (χ0n) is 28.1. The van der Waals surface area contributed by atoms with E-state index in [1.807, 2.05) is 60.7 Å². The highest BCUT2D eigenvalue weighted by Gasteiger charge is 2.47. The van der Waals surface area contributed by atoms with Crippen molar-refractivity contribution < 1.29 is 18.6 Å². The average Bonchev–Trinajstić information content (AvgIpc) is 3.66. The maximum absolute atomic E-state index is 13.6. The van der Waals surface area contributed by atoms with Crippen LogP contribution in [0.15, 0.2) is 139 Å². The highest BCUT2D eigenvalue weighted by Crippen LogP contribution is 2.54. The van der Waals surface area contributed by atoms with Gasteiger partial charge in [0.1, 0.15) is 18.1 Å². The molecule has 1 N–H and O–H groups in total. The molecule has 1 unspecified atom stereocenters. The molecule has 3 heterocycles. The van der Waals surface area contributed by atoms with E-state index >= 15 is 0 Å². The van der Waals surface area contributed by atoms with Gasteiger partial charge < -0.3 is 14.2 Å². The van der Waals surface area contributed by atoms with Crippen molar-refractivity contribution in [2.24, 2.45) is 4.99 Å². The summed E-state index contributed by atoms with van der Waals surface area (Å²) in [7, 11) is 3.21. The third-order valence-electron chi connectivity index (χ3n) is 9.03. The zero-order chi connectivity index (χ0) is 35.4. The van der Waals surface area contributed by atoms with Gasteiger partial charge in [-0.25, -0.2) is 14.6 Å². The van der Waals surface area contributed by atoms with Crippen molar-refractivity contribution in [2.45, 2.75) is 17.9 Å². The number of rotatable bonds is 10. The second kappa shape index (κ2) is 14.9. The smallest absolute Gasteiger partial charge is 0.350 e. The number of carbonyl (C=O) groups is 1. The molecule has 1 aliphatic heterocycles. The molecule has 2 aromatic heterocycles. The van der Waals surface area contributed by atoms with Gasteiger partial charge in [0, 0.05) is 18.7 Å². The number of aromatic nitrogens is 4. The van der Waals surface area contributed by atoms with E-state index in [2.05, 4.69) is 61.2 Å². The number of benzene rings is 4. The van der Waals surface area contributed by atoms with Crippen LogP contribution in [0.4, 0.5) is 0 Å². The molecule has 1 saturated heterocycles. The second-order valence-electron chi connectivity index (χ2n) is 12.4. The van der Waals surface area contributed by atoms with Gasteiger partial charge in [-0.05, 0) is 54.2 Å². The number of amides is 1. The average molecular weight is 722 g/mol. The van der Waals surface area contributed by atoms with E-state index in [0.29, 0.717) is 35.3 Å². The lowest BCUT2D eigenvalue weighted by atomic mass is 9.75. The van der Waals surface area contributed by atoms with Crippen molar-refractivity contribution in [3.8, 4) is 0 Å². The Morgan fingerprint density at radius 3 is 2.00 bits per heavy atom. The van der Waals surface area contributed by atoms with Crippen molar-refractivity contribution in [3.05, 3.63) is 162 Å². The number of fused-ring (bicyclic) bond motifs is 1. The van der Waals surface area contributed by atoms with E-state index in [0.717, 1.165) is 16.7 Å². The fourth-order valence-electron chi connectivity index (χ4n) is 6.63. The first-order chi connectivity index (χ1) is 24.8. The van der Waals surface area contributed by atoms with Gasteiger partial charge in [-0.1, -0.05) is 109 Å². The number of H-pyrrole nitrogens is 1. The van der Waals surface area contributed by atoms with E-state index in [-0.39, 0.29) is 6.61 Å². The number of nitrogens with zero attached hydrogens (tertiary/aromatic N) is 6. The summed E-state index contributed by atoms with van der Waals surface area (Å²) in [6, 6.07) is 39.8. The molecule has 1 amide bonds. The summed E-state index contributed by atoms with van der Waals surface area (Å²) in [6.45, 7) is -3.01. The second-order valence-corrected chi connectivity index (χ2v) is 15.6. The van der Waals surface area contributed by atoms with E-state index < -0.39 is 30.7 Å². The largest absolute Gasteiger partial charge is 0.362 e. The molecule has 0 spiro atoms. The molecule has 13 heteroatoms. The normalized spacial score (nSPS) is 18.5. The molecule has 0 radical (unpaired) electrons. The zero-order valence-corrected chi connectivity index (χ0v) is 29.8. The maximum atomic E-state index is 13.6. The van der Waals surface area contributed by atoms with Crippen LogP contribution >= 0.6 is 18.1 Å². The van der Waals surface area contributed by atoms with Gasteiger partial charge in [-0.15, -0.1) is 0 Å². The summed E-state index contributed by atoms with van der Waals surface area (Å²) >= 11 is 6.36. The molecule has 11 nitrogen and oxygen atoms in total. The van der Waals surface area contributed by atoms with E-state index in [4.69, 9.17) is 20.5 Å². The fraction of sp³-hybridized carbons (Fsp3) is 0.211. The molecule has 51 heavy (non-hydrogen) atoms. The molecule has 7 rings (SSSR count). The molecule has 0 saturated carbocycles. The number of nitrogens with one attached hydrogen (secondary N) is 1. The van der Waals surface area contributed by atoms with E-state index in [1.54, 1.807) is 49.3 Å². The number of halogens is 1. The van der Waals surface area contributed by atoms with Gasteiger partial charge in [0.15, 0.2) is 11.1 Å². The van der Waals surface area contributed by atoms with Crippen LogP contribution < -0.4 is 5.49 Å². The van der Waals surface area contributed by atoms with E-state index in [1.165, 1.54) is 11.0 Å². The lowest BCUT2D eigenvalue weighted by molar-refractivity contribution is -0.148. The lowest BCUT2D eigenvalue weighted by Crippen LogP contribution is -2.58. The van der Waals surface area contributed by atoms with Crippen LogP contribution in [-0.4, -0.2) is 74.9 Å². The Labute approximate surface area is 300 Å². The highest BCUT2D eigenvalue weighted by atomic mass is 35.7. The van der Waals surface area contributed by atoms with Crippen LogP contribution in [0, 0.1) is 0 Å². The molecule has 260 valence electrons. The third-order valence-corrected chi connectivity index (χ3v) is 11.6. The fourth-order valence-corrected chi connectivity index (χ4v) is 7.38. The highest BCUT2D eigenvalue weighted by molar-refractivity contribution is 7.83. The van der Waals surface area contributed by atoms with Crippen LogP contribution in [-0.2, 0) is 19.4 Å². The number of hydrogen-bond acceptors (Lipinski definition) is 7. The Bertz CT molecular complexity index is 2120. The Balaban J connectivity index is 1.43. The van der Waals surface area contributed by atoms with Gasteiger partial charge >= 0.3 is 6.87 Å². The minimum atomic E-state index is -3.63. The van der Waals surface area contributed by atoms with Crippen molar-refractivity contribution in [1.82, 2.24) is 29.1 Å². The van der Waals surface area contributed by atoms with Gasteiger partial charge in [0.05, 0.1) is 24.6 Å². The summed E-state index contributed by atoms with van der Waals surface area (Å²) in [5.74, 6) is -0.430. The van der Waals surface area contributed by atoms with Gasteiger partial charge in [-0.2, -0.15) is 4.99 Å². The van der Waals surface area contributed by atoms with Crippen molar-refractivity contribution in [2.75, 3.05) is 33.8 Å². The molecule has 0 bridgehead atoms. The quantitative estimate of drug-likeness (QED) is 0.124. The topological polar surface area (TPSA) is 118 Å². The standard InChI is InChI=1S/C38H37ClN7O4P/c1-44(2)51(39,48)49-25-32-23-45(38(29-17-9-4-10-18-29,30-19-11-5-12-20-30)31-21-13-6-14-22-31)24-33(50-32)46-27-42-35-34(40-26-41-35)36(46)43-37(47)28-15-7-3-8-16-28/h3-22,26-27,32-33H,23-25H2,1-2H3,(H,40,41)/t32-,33+,51?/m0/s1. The number of imidazole rings is 1. The Hall–Kier alpha value is -4.74. The Kier molecular flexibility index (Phi) is 10.1. The monoisotopic (exact) mass is 721 g/mol. The van der Waals surface area contributed by atoms with Crippen LogP contribution in [0.25, 0.3) is 11.2 Å². The third kappa shape index (κ3) is 6.97. The molecular formula is C38H37ClN7O4P. The first-order valence-corrected chi connectivity index (χ1v) is 19.0. The summed E-state index contributed by atoms with van der Waals surface area (Å²) < 4.78 is 29.0. The predicted molar refractivity (Wildman–Crippen MR) is 196 cm³/mol. The number of carbonyl (C=O) groups excluding carboxylic acids is 1. The van der Waals surface area contributed by atoms with Crippen LogP contribution in [0.2, 0.25) is 0 Å². The van der Waals surface area contributed by atoms with Crippen LogP contribution in [0.1, 0.15) is 33.3 Å². The minimum absolute atomic E-state index is 0.0733. The molecule has 0 aliphatic carbocycles. The summed E-state index contributed by atoms with van der Waals surface area (Å²) in [5, 5.41) is 0. The van der Waals surface area contributed by atoms with Crippen LogP contribution in [0.3, 0.4) is 0 Å². The molecule has 4 aromatic carbocycles. The van der Waals surface area contributed by atoms with Crippen molar-refractivity contribution in [1.29, 1.82) is 0 Å². The predicted octanol–water partition coefficient (Wildman–Crippen LogP) is 6.62. The molecular weight excluding hydrogens is 685 g/mol. The van der Waals surface area contributed by atoms with Crippen molar-refractivity contribution >= 4 is 35.2 Å². The Morgan fingerprint density at radius 1 is 0.902 bits per heavy atom. The maximum Gasteiger partial charge on any atom is 0.362 e. The molecule has 6 aromatic rings. The number of hydrogen-bond donors (Lipinski definition) is 1. The van der Waals surface area contributed by atoms with Crippen LogP contribution in [0.5, 0.6) is 0 Å². The summed E-state index contributed by atoms with van der Waals surface area (Å²) in [4.78, 5) is 32.6. The molecule has 1 fully saturated rings. The summed E-state index contributed by atoms with van der Waals surface area (Å²) in [5.41, 5.74) is 3.91. The number of morpholine rings is 1. The number of aromatic amines is 1. The first kappa shape index (κ1) is 34.7. The Morgan fingerprint density at radius 2 is 1.45 bits per heavy atom. The summed E-state index contributed by atoms with van der Waals surface area (Å²) in [6.07, 6.45) is 1.73. The van der Waals surface area contributed by atoms with E-state index in [9.17, 15) is 9.36 Å². The first-order valence-electron chi connectivity index (χ1n) is 16.5. The van der Waals surface area contributed by atoms with Crippen molar-refractivity contribution in [3.63, 3.8) is 0 Å². The SMILES string of the molecule is CN(C)P(=O)(Cl)OC[C@@H]1CN(C(c2ccccc2)(c2ccccc2)c2ccccc2)C[C@H](n2cnc3nc[nH]c3c2=NC(=O)c2ccccc2)O1. The molecule has 1 aliphatic rings. The minimum Gasteiger partial charge on any atom is -0.350 e.